The molecule has 0 radical (unpaired) electrons. The van der Waals surface area contributed by atoms with E-state index in [0.717, 1.165) is 18.0 Å². The number of hydrogen-bond acceptors (Lipinski definition) is 1. The third-order valence-electron chi connectivity index (χ3n) is 4.11. The number of carbonyl (C=O) groups excluding carboxylic acids is 1. The second kappa shape index (κ2) is 4.60. The molecule has 0 N–H and O–H groups in total. The molecule has 0 aliphatic heterocycles. The molecule has 1 aliphatic carbocycles. The molecule has 18 heavy (non-hydrogen) atoms. The Hall–Kier alpha value is -1.57. The first-order valence-electron chi connectivity index (χ1n) is 6.84. The lowest BCUT2D eigenvalue weighted by Gasteiger charge is -2.11. The standard InChI is InChI=1S/C16H19NO/c1-12(18)15-7-6-14-8-9-17(16(14)10-15)11-13-4-2-3-5-13/h6-10,13H,2-5,11H2,1H3. The predicted octanol–water partition coefficient (Wildman–Crippen LogP) is 4.03. The Morgan fingerprint density at radius 2 is 2.06 bits per heavy atom. The third-order valence-corrected chi connectivity index (χ3v) is 4.11. The molecule has 0 unspecified atom stereocenters. The van der Waals surface area contributed by atoms with Crippen molar-refractivity contribution in [3.8, 4) is 0 Å². The summed E-state index contributed by atoms with van der Waals surface area (Å²) < 4.78 is 2.32. The number of rotatable bonds is 3. The maximum Gasteiger partial charge on any atom is 0.159 e. The molecule has 0 bridgehead atoms. The van der Waals surface area contributed by atoms with Gasteiger partial charge in [0.15, 0.2) is 5.78 Å². The molecule has 2 nitrogen and oxygen atoms in total. The number of carbonyl (C=O) groups is 1. The van der Waals surface area contributed by atoms with Gasteiger partial charge in [0.2, 0.25) is 0 Å². The van der Waals surface area contributed by atoms with E-state index >= 15 is 0 Å². The average molecular weight is 241 g/mol. The molecule has 3 rings (SSSR count). The van der Waals surface area contributed by atoms with E-state index in [1.54, 1.807) is 6.92 Å². The Kier molecular flexibility index (Phi) is 2.94. The van der Waals surface area contributed by atoms with Gasteiger partial charge in [0.25, 0.3) is 0 Å². The summed E-state index contributed by atoms with van der Waals surface area (Å²) in [6, 6.07) is 8.16. The van der Waals surface area contributed by atoms with E-state index in [-0.39, 0.29) is 5.78 Å². The number of ketones is 1. The van der Waals surface area contributed by atoms with E-state index < -0.39 is 0 Å². The molecule has 1 fully saturated rings. The Balaban J connectivity index is 1.95. The zero-order valence-corrected chi connectivity index (χ0v) is 10.9. The van der Waals surface area contributed by atoms with Gasteiger partial charge in [0.1, 0.15) is 0 Å². The minimum absolute atomic E-state index is 0.144. The zero-order valence-electron chi connectivity index (χ0n) is 10.9. The number of hydrogen-bond donors (Lipinski definition) is 0. The number of aromatic nitrogens is 1. The largest absolute Gasteiger partial charge is 0.347 e. The van der Waals surface area contributed by atoms with Crippen LogP contribution in [0.5, 0.6) is 0 Å². The summed E-state index contributed by atoms with van der Waals surface area (Å²) in [7, 11) is 0. The van der Waals surface area contributed by atoms with Crippen molar-refractivity contribution in [1.82, 2.24) is 4.57 Å². The Labute approximate surface area is 108 Å². The van der Waals surface area contributed by atoms with E-state index in [9.17, 15) is 4.79 Å². The highest BCUT2D eigenvalue weighted by Gasteiger charge is 2.16. The van der Waals surface area contributed by atoms with Crippen LogP contribution < -0.4 is 0 Å². The van der Waals surface area contributed by atoms with Crippen LogP contribution >= 0.6 is 0 Å². The van der Waals surface area contributed by atoms with E-state index in [2.05, 4.69) is 22.9 Å². The monoisotopic (exact) mass is 241 g/mol. The molecule has 0 amide bonds. The van der Waals surface area contributed by atoms with Crippen LogP contribution in [0.1, 0.15) is 43.0 Å². The van der Waals surface area contributed by atoms with E-state index in [1.165, 1.54) is 36.6 Å². The molecule has 0 spiro atoms. The van der Waals surface area contributed by atoms with Crippen LogP contribution in [0.2, 0.25) is 0 Å². The summed E-state index contributed by atoms with van der Waals surface area (Å²) in [5.74, 6) is 0.965. The normalized spacial score (nSPS) is 16.5. The second-order valence-corrected chi connectivity index (χ2v) is 5.45. The molecule has 94 valence electrons. The molecule has 0 saturated heterocycles. The Bertz CT molecular complexity index is 576. The van der Waals surface area contributed by atoms with Gasteiger partial charge in [-0.1, -0.05) is 25.0 Å². The summed E-state index contributed by atoms with van der Waals surface area (Å²) in [5, 5.41) is 1.23. The molecule has 1 saturated carbocycles. The molecular formula is C16H19NO. The van der Waals surface area contributed by atoms with Gasteiger partial charge in [-0.15, -0.1) is 0 Å². The third kappa shape index (κ3) is 2.07. The number of benzene rings is 1. The van der Waals surface area contributed by atoms with Gasteiger partial charge in [0, 0.05) is 23.8 Å². The van der Waals surface area contributed by atoms with Crippen molar-refractivity contribution in [2.24, 2.45) is 5.92 Å². The van der Waals surface area contributed by atoms with Crippen LogP contribution in [0.3, 0.4) is 0 Å². The lowest BCUT2D eigenvalue weighted by molar-refractivity contribution is 0.101. The minimum Gasteiger partial charge on any atom is -0.347 e. The van der Waals surface area contributed by atoms with Gasteiger partial charge in [-0.2, -0.15) is 0 Å². The fraction of sp³-hybridized carbons (Fsp3) is 0.438. The van der Waals surface area contributed by atoms with Gasteiger partial charge in [0.05, 0.1) is 0 Å². The van der Waals surface area contributed by atoms with Crippen molar-refractivity contribution in [3.05, 3.63) is 36.0 Å². The highest BCUT2D eigenvalue weighted by Crippen LogP contribution is 2.28. The summed E-state index contributed by atoms with van der Waals surface area (Å²) in [6.07, 6.45) is 7.62. The Morgan fingerprint density at radius 1 is 1.28 bits per heavy atom. The molecular weight excluding hydrogens is 222 g/mol. The lowest BCUT2D eigenvalue weighted by atomic mass is 10.1. The van der Waals surface area contributed by atoms with Crippen LogP contribution in [-0.2, 0) is 6.54 Å². The van der Waals surface area contributed by atoms with Crippen LogP contribution in [-0.4, -0.2) is 10.4 Å². The second-order valence-electron chi connectivity index (χ2n) is 5.45. The minimum atomic E-state index is 0.144. The zero-order chi connectivity index (χ0) is 12.5. The van der Waals surface area contributed by atoms with E-state index in [0.29, 0.717) is 0 Å². The van der Waals surface area contributed by atoms with E-state index in [1.807, 2.05) is 12.1 Å². The molecule has 1 heterocycles. The topological polar surface area (TPSA) is 22.0 Å². The molecule has 1 aromatic carbocycles. The smallest absolute Gasteiger partial charge is 0.159 e. The van der Waals surface area contributed by atoms with Crippen molar-refractivity contribution in [2.75, 3.05) is 0 Å². The van der Waals surface area contributed by atoms with Gasteiger partial charge in [-0.3, -0.25) is 4.79 Å². The van der Waals surface area contributed by atoms with Crippen molar-refractivity contribution in [3.63, 3.8) is 0 Å². The highest BCUT2D eigenvalue weighted by molar-refractivity contribution is 5.97. The predicted molar refractivity (Wildman–Crippen MR) is 73.9 cm³/mol. The van der Waals surface area contributed by atoms with Crippen molar-refractivity contribution in [1.29, 1.82) is 0 Å². The van der Waals surface area contributed by atoms with Crippen LogP contribution in [0.25, 0.3) is 10.9 Å². The average Bonchev–Trinajstić information content (AvgIpc) is 2.99. The number of Topliss-reactive ketones (excluding diaryl/α,β-unsaturated/α-hetero) is 1. The van der Waals surface area contributed by atoms with E-state index in [4.69, 9.17) is 0 Å². The fourth-order valence-corrected chi connectivity index (χ4v) is 3.03. The lowest BCUT2D eigenvalue weighted by Crippen LogP contribution is -2.06. The maximum atomic E-state index is 11.5. The summed E-state index contributed by atoms with van der Waals surface area (Å²) in [6.45, 7) is 2.73. The van der Waals surface area contributed by atoms with Gasteiger partial charge < -0.3 is 4.57 Å². The summed E-state index contributed by atoms with van der Waals surface area (Å²) >= 11 is 0. The quantitative estimate of drug-likeness (QED) is 0.743. The molecule has 2 aromatic rings. The first kappa shape index (κ1) is 11.5. The van der Waals surface area contributed by atoms with Gasteiger partial charge >= 0.3 is 0 Å². The molecule has 1 aromatic heterocycles. The van der Waals surface area contributed by atoms with Crippen molar-refractivity contribution >= 4 is 16.7 Å². The van der Waals surface area contributed by atoms with Gasteiger partial charge in [-0.05, 0) is 43.2 Å². The van der Waals surface area contributed by atoms with Crippen LogP contribution in [0.15, 0.2) is 30.5 Å². The maximum absolute atomic E-state index is 11.5. The van der Waals surface area contributed by atoms with Crippen LogP contribution in [0, 0.1) is 5.92 Å². The first-order valence-corrected chi connectivity index (χ1v) is 6.84. The van der Waals surface area contributed by atoms with Crippen molar-refractivity contribution in [2.45, 2.75) is 39.2 Å². The number of fused-ring (bicyclic) bond motifs is 1. The molecule has 0 atom stereocenters. The van der Waals surface area contributed by atoms with Crippen LogP contribution in [0.4, 0.5) is 0 Å². The summed E-state index contributed by atoms with van der Waals surface area (Å²) in [5.41, 5.74) is 2.02. The fourth-order valence-electron chi connectivity index (χ4n) is 3.03. The molecule has 1 aliphatic rings. The van der Waals surface area contributed by atoms with Crippen molar-refractivity contribution < 1.29 is 4.79 Å². The number of nitrogens with zero attached hydrogens (tertiary/aromatic N) is 1. The molecule has 2 heteroatoms. The first-order chi connectivity index (χ1) is 8.74. The van der Waals surface area contributed by atoms with Gasteiger partial charge in [-0.25, -0.2) is 0 Å². The summed E-state index contributed by atoms with van der Waals surface area (Å²) in [4.78, 5) is 11.5. The Morgan fingerprint density at radius 3 is 2.78 bits per heavy atom. The highest BCUT2D eigenvalue weighted by atomic mass is 16.1. The SMILES string of the molecule is CC(=O)c1ccc2ccn(CC3CCCC3)c2c1.